The van der Waals surface area contributed by atoms with Gasteiger partial charge in [-0.3, -0.25) is 4.99 Å². The highest BCUT2D eigenvalue weighted by Crippen LogP contribution is 2.36. The first-order chi connectivity index (χ1) is 13.0. The molecule has 1 aromatic rings. The highest BCUT2D eigenvalue weighted by molar-refractivity contribution is 5.80. The van der Waals surface area contributed by atoms with Crippen molar-refractivity contribution >= 4 is 11.9 Å². The average Bonchev–Trinajstić information content (AvgIpc) is 3.08. The Bertz CT molecular complexity index is 634. The van der Waals surface area contributed by atoms with Gasteiger partial charge in [-0.25, -0.2) is 9.97 Å². The lowest BCUT2D eigenvalue weighted by atomic mass is 9.82. The van der Waals surface area contributed by atoms with Crippen molar-refractivity contribution in [2.45, 2.75) is 38.8 Å². The molecule has 0 aromatic carbocycles. The molecule has 2 heterocycles. The summed E-state index contributed by atoms with van der Waals surface area (Å²) in [5.41, 5.74) is -0.948. The number of nitrogens with one attached hydrogen (secondary N) is 2. The highest BCUT2D eigenvalue weighted by Gasteiger charge is 2.35. The van der Waals surface area contributed by atoms with Crippen LogP contribution >= 0.6 is 0 Å². The van der Waals surface area contributed by atoms with Crippen LogP contribution in [0.25, 0.3) is 0 Å². The highest BCUT2D eigenvalue weighted by atomic mass is 19.4. The Labute approximate surface area is 157 Å². The van der Waals surface area contributed by atoms with Crippen molar-refractivity contribution in [2.24, 2.45) is 16.8 Å². The standard InChI is InChI=1S/C18H27F3N6/c1-2-22-17(27-11-13-5-3-4-6-14(13)12-27)25-10-9-24-16-23-8-7-15(26-16)18(19,20)21/h7-8,13-14H,2-6,9-12H2,1H3,(H,22,25)(H,23,24,26). The predicted octanol–water partition coefficient (Wildman–Crippen LogP) is 2.99. The third-order valence-corrected chi connectivity index (χ3v) is 5.21. The van der Waals surface area contributed by atoms with E-state index in [-0.39, 0.29) is 5.95 Å². The van der Waals surface area contributed by atoms with E-state index in [1.807, 2.05) is 6.92 Å². The second-order valence-electron chi connectivity index (χ2n) is 7.14. The summed E-state index contributed by atoms with van der Waals surface area (Å²) in [5, 5.41) is 6.15. The van der Waals surface area contributed by atoms with Crippen LogP contribution in [-0.2, 0) is 6.18 Å². The zero-order valence-electron chi connectivity index (χ0n) is 15.6. The second-order valence-corrected chi connectivity index (χ2v) is 7.14. The number of hydrogen-bond donors (Lipinski definition) is 2. The number of likely N-dealkylation sites (tertiary alicyclic amines) is 1. The Balaban J connectivity index is 1.54. The molecule has 9 heteroatoms. The number of anilines is 1. The van der Waals surface area contributed by atoms with Gasteiger partial charge in [0.1, 0.15) is 5.69 Å². The SMILES string of the molecule is CCNC(=NCCNc1nccc(C(F)(F)F)n1)N1CC2CCCCC2C1. The van der Waals surface area contributed by atoms with E-state index in [1.165, 1.54) is 25.7 Å². The van der Waals surface area contributed by atoms with Crippen LogP contribution in [0.15, 0.2) is 17.3 Å². The summed E-state index contributed by atoms with van der Waals surface area (Å²) in [7, 11) is 0. The first kappa shape index (κ1) is 19.7. The molecular formula is C18H27F3N6. The lowest BCUT2D eigenvalue weighted by Crippen LogP contribution is -2.40. The van der Waals surface area contributed by atoms with Gasteiger partial charge in [0, 0.05) is 32.4 Å². The number of hydrogen-bond acceptors (Lipinski definition) is 4. The van der Waals surface area contributed by atoms with E-state index >= 15 is 0 Å². The maximum atomic E-state index is 12.7. The van der Waals surface area contributed by atoms with Crippen LogP contribution in [0.2, 0.25) is 0 Å². The fraction of sp³-hybridized carbons (Fsp3) is 0.722. The monoisotopic (exact) mass is 384 g/mol. The molecule has 2 atom stereocenters. The van der Waals surface area contributed by atoms with E-state index in [9.17, 15) is 13.2 Å². The molecule has 0 bridgehead atoms. The van der Waals surface area contributed by atoms with Crippen LogP contribution in [0.4, 0.5) is 19.1 Å². The summed E-state index contributed by atoms with van der Waals surface area (Å²) < 4.78 is 38.1. The molecule has 2 N–H and O–H groups in total. The Morgan fingerprint density at radius 2 is 1.96 bits per heavy atom. The molecular weight excluding hydrogens is 357 g/mol. The van der Waals surface area contributed by atoms with Crippen molar-refractivity contribution in [3.05, 3.63) is 18.0 Å². The molecule has 3 rings (SSSR count). The van der Waals surface area contributed by atoms with Gasteiger partial charge < -0.3 is 15.5 Å². The van der Waals surface area contributed by atoms with Crippen LogP contribution in [0, 0.1) is 11.8 Å². The van der Waals surface area contributed by atoms with Crippen molar-refractivity contribution in [1.29, 1.82) is 0 Å². The normalized spacial score (nSPS) is 23.3. The van der Waals surface area contributed by atoms with Crippen molar-refractivity contribution in [3.63, 3.8) is 0 Å². The lowest BCUT2D eigenvalue weighted by Gasteiger charge is -2.22. The third kappa shape index (κ3) is 5.23. The van der Waals surface area contributed by atoms with Crippen LogP contribution < -0.4 is 10.6 Å². The van der Waals surface area contributed by atoms with Gasteiger partial charge in [0.15, 0.2) is 5.96 Å². The van der Waals surface area contributed by atoms with E-state index < -0.39 is 11.9 Å². The summed E-state index contributed by atoms with van der Waals surface area (Å²) in [6, 6.07) is 0.861. The minimum Gasteiger partial charge on any atom is -0.357 e. The minimum atomic E-state index is -4.47. The zero-order valence-corrected chi connectivity index (χ0v) is 15.6. The van der Waals surface area contributed by atoms with Crippen LogP contribution in [0.1, 0.15) is 38.3 Å². The molecule has 2 aliphatic rings. The fourth-order valence-electron chi connectivity index (χ4n) is 3.94. The van der Waals surface area contributed by atoms with E-state index in [0.29, 0.717) is 13.1 Å². The lowest BCUT2D eigenvalue weighted by molar-refractivity contribution is -0.141. The number of rotatable bonds is 5. The molecule has 1 saturated heterocycles. The van der Waals surface area contributed by atoms with E-state index in [0.717, 1.165) is 49.7 Å². The van der Waals surface area contributed by atoms with E-state index in [4.69, 9.17) is 0 Å². The number of alkyl halides is 3. The van der Waals surface area contributed by atoms with Crippen molar-refractivity contribution in [3.8, 4) is 0 Å². The molecule has 6 nitrogen and oxygen atoms in total. The van der Waals surface area contributed by atoms with Crippen LogP contribution in [0.5, 0.6) is 0 Å². The number of aliphatic imine (C=N–C) groups is 1. The van der Waals surface area contributed by atoms with Gasteiger partial charge in [0.2, 0.25) is 5.95 Å². The van der Waals surface area contributed by atoms with Crippen molar-refractivity contribution in [1.82, 2.24) is 20.2 Å². The number of aromatic nitrogens is 2. The maximum absolute atomic E-state index is 12.7. The smallest absolute Gasteiger partial charge is 0.357 e. The van der Waals surface area contributed by atoms with E-state index in [1.54, 1.807) is 0 Å². The molecule has 2 unspecified atom stereocenters. The van der Waals surface area contributed by atoms with Crippen molar-refractivity contribution in [2.75, 3.05) is 38.0 Å². The van der Waals surface area contributed by atoms with Crippen molar-refractivity contribution < 1.29 is 13.2 Å². The molecule has 1 aliphatic carbocycles. The maximum Gasteiger partial charge on any atom is 0.433 e. The van der Waals surface area contributed by atoms with Gasteiger partial charge in [0.05, 0.1) is 6.54 Å². The number of fused-ring (bicyclic) bond motifs is 1. The molecule has 1 saturated carbocycles. The molecule has 0 amide bonds. The summed E-state index contributed by atoms with van der Waals surface area (Å²) in [6.45, 7) is 5.72. The predicted molar refractivity (Wildman–Crippen MR) is 98.5 cm³/mol. The quantitative estimate of drug-likeness (QED) is 0.464. The Morgan fingerprint density at radius 1 is 1.26 bits per heavy atom. The van der Waals surface area contributed by atoms with Gasteiger partial charge in [-0.2, -0.15) is 13.2 Å². The molecule has 1 aromatic heterocycles. The summed E-state index contributed by atoms with van der Waals surface area (Å²) >= 11 is 0. The van der Waals surface area contributed by atoms with Gasteiger partial charge in [0.25, 0.3) is 0 Å². The minimum absolute atomic E-state index is 0.0304. The number of guanidine groups is 1. The first-order valence-electron chi connectivity index (χ1n) is 9.64. The van der Waals surface area contributed by atoms with E-state index in [2.05, 4.69) is 30.5 Å². The topological polar surface area (TPSA) is 65.4 Å². The van der Waals surface area contributed by atoms with Crippen LogP contribution in [0.3, 0.4) is 0 Å². The molecule has 150 valence electrons. The Morgan fingerprint density at radius 3 is 2.59 bits per heavy atom. The molecule has 0 radical (unpaired) electrons. The average molecular weight is 384 g/mol. The first-order valence-corrected chi connectivity index (χ1v) is 9.64. The number of halogens is 3. The Hall–Kier alpha value is -2.06. The largest absolute Gasteiger partial charge is 0.433 e. The van der Waals surface area contributed by atoms with Crippen LogP contribution in [-0.4, -0.2) is 53.6 Å². The molecule has 2 fully saturated rings. The zero-order chi connectivity index (χ0) is 19.3. The summed E-state index contributed by atoms with van der Waals surface area (Å²) in [4.78, 5) is 14.3. The molecule has 1 aliphatic heterocycles. The Kier molecular flexibility index (Phi) is 6.38. The third-order valence-electron chi connectivity index (χ3n) is 5.21. The van der Waals surface area contributed by atoms with Gasteiger partial charge in [-0.15, -0.1) is 0 Å². The summed E-state index contributed by atoms with van der Waals surface area (Å²) in [6.07, 6.45) is 1.89. The fourth-order valence-corrected chi connectivity index (χ4v) is 3.94. The van der Waals surface area contributed by atoms with Gasteiger partial charge in [-0.05, 0) is 37.7 Å². The number of nitrogens with zero attached hydrogens (tertiary/aromatic N) is 4. The summed E-state index contributed by atoms with van der Waals surface area (Å²) in [5.74, 6) is 2.38. The van der Waals surface area contributed by atoms with Gasteiger partial charge >= 0.3 is 6.18 Å². The van der Waals surface area contributed by atoms with Gasteiger partial charge in [-0.1, -0.05) is 12.8 Å². The molecule has 27 heavy (non-hydrogen) atoms. The second kappa shape index (κ2) is 8.75. The molecule has 0 spiro atoms.